The summed E-state index contributed by atoms with van der Waals surface area (Å²) in [6.45, 7) is 16.6. The fraction of sp³-hybridized carbons (Fsp3) is 0.618. The van der Waals surface area contributed by atoms with Crippen LogP contribution >= 0.6 is 0 Å². The van der Waals surface area contributed by atoms with Crippen LogP contribution in [0.4, 0.5) is 0 Å². The number of aryl methyl sites for hydroxylation is 2. The number of esters is 1. The van der Waals surface area contributed by atoms with Gasteiger partial charge in [0.1, 0.15) is 17.7 Å². The zero-order valence-corrected chi connectivity index (χ0v) is 27.1. The van der Waals surface area contributed by atoms with Crippen molar-refractivity contribution in [3.8, 4) is 0 Å². The highest BCUT2D eigenvalue weighted by molar-refractivity contribution is 5.76. The van der Waals surface area contributed by atoms with Crippen molar-refractivity contribution in [3.63, 3.8) is 0 Å². The van der Waals surface area contributed by atoms with Gasteiger partial charge >= 0.3 is 5.97 Å². The van der Waals surface area contributed by atoms with E-state index in [4.69, 9.17) is 4.74 Å². The first-order valence-electron chi connectivity index (χ1n) is 15.9. The van der Waals surface area contributed by atoms with Crippen molar-refractivity contribution in [1.82, 2.24) is 33.8 Å². The molecule has 1 spiro atoms. The molecule has 2 aromatic heterocycles. The lowest BCUT2D eigenvalue weighted by atomic mass is 9.76. The molecule has 0 amide bonds. The summed E-state index contributed by atoms with van der Waals surface area (Å²) in [5, 5.41) is 0. The molecule has 1 aromatic carbocycles. The van der Waals surface area contributed by atoms with Crippen LogP contribution in [-0.4, -0.2) is 78.6 Å². The largest absolute Gasteiger partial charge is 0.465 e. The first-order chi connectivity index (χ1) is 20.5. The summed E-state index contributed by atoms with van der Waals surface area (Å²) < 4.78 is 9.72. The maximum absolute atomic E-state index is 13.1. The molecular weight excluding hydrogens is 538 g/mol. The van der Waals surface area contributed by atoms with Gasteiger partial charge in [-0.25, -0.2) is 9.97 Å². The predicted molar refractivity (Wildman–Crippen MR) is 169 cm³/mol. The van der Waals surface area contributed by atoms with E-state index in [1.807, 2.05) is 45.8 Å². The van der Waals surface area contributed by atoms with Crippen LogP contribution < -0.4 is 0 Å². The van der Waals surface area contributed by atoms with Crippen LogP contribution in [0.25, 0.3) is 0 Å². The minimum atomic E-state index is -0.167. The number of carbonyl (C=O) groups excluding carboxylic acids is 1. The molecule has 3 aromatic rings. The predicted octanol–water partition coefficient (Wildman–Crippen LogP) is 4.62. The number of carbonyl (C=O) groups is 1. The van der Waals surface area contributed by atoms with Gasteiger partial charge in [-0.05, 0) is 61.2 Å². The van der Waals surface area contributed by atoms with Crippen molar-refractivity contribution in [2.75, 3.05) is 32.8 Å². The summed E-state index contributed by atoms with van der Waals surface area (Å²) in [7, 11) is 4.08. The van der Waals surface area contributed by atoms with Crippen LogP contribution in [-0.2, 0) is 49.8 Å². The highest BCUT2D eigenvalue weighted by atomic mass is 16.5. The lowest BCUT2D eigenvalue weighted by Crippen LogP contribution is -2.44. The molecule has 0 aliphatic carbocycles. The summed E-state index contributed by atoms with van der Waals surface area (Å²) in [6.07, 6.45) is 10.9. The second-order valence-electron chi connectivity index (χ2n) is 14.1. The summed E-state index contributed by atoms with van der Waals surface area (Å²) >= 11 is 0. The third-order valence-electron chi connectivity index (χ3n) is 9.17. The van der Waals surface area contributed by atoms with E-state index in [-0.39, 0.29) is 17.4 Å². The third kappa shape index (κ3) is 8.13. The monoisotopic (exact) mass is 589 g/mol. The zero-order chi connectivity index (χ0) is 30.6. The Morgan fingerprint density at radius 3 is 2.05 bits per heavy atom. The quantitative estimate of drug-likeness (QED) is 0.302. The van der Waals surface area contributed by atoms with E-state index in [1.165, 1.54) is 11.1 Å². The van der Waals surface area contributed by atoms with Crippen molar-refractivity contribution < 1.29 is 9.53 Å². The molecule has 2 saturated heterocycles. The van der Waals surface area contributed by atoms with Crippen molar-refractivity contribution in [3.05, 3.63) is 71.8 Å². The number of rotatable bonds is 11. The lowest BCUT2D eigenvalue weighted by molar-refractivity contribution is -0.148. The Hall–Kier alpha value is -3.01. The van der Waals surface area contributed by atoms with Crippen molar-refractivity contribution in [1.29, 1.82) is 0 Å². The summed E-state index contributed by atoms with van der Waals surface area (Å²) in [4.78, 5) is 29.6. The molecule has 2 aliphatic heterocycles. The highest BCUT2D eigenvalue weighted by Crippen LogP contribution is 2.44. The number of nitrogens with zero attached hydrogens (tertiary/aromatic N) is 7. The first-order valence-corrected chi connectivity index (χ1v) is 15.9. The van der Waals surface area contributed by atoms with Crippen LogP contribution in [0.5, 0.6) is 0 Å². The van der Waals surface area contributed by atoms with E-state index < -0.39 is 0 Å². The molecule has 1 unspecified atom stereocenters. The molecule has 9 nitrogen and oxygen atoms in total. The average Bonchev–Trinajstić information content (AvgIpc) is 3.65. The summed E-state index contributed by atoms with van der Waals surface area (Å²) in [5.41, 5.74) is 2.99. The van der Waals surface area contributed by atoms with Gasteiger partial charge in [-0.15, -0.1) is 0 Å². The van der Waals surface area contributed by atoms with Gasteiger partial charge in [-0.3, -0.25) is 14.6 Å². The van der Waals surface area contributed by atoms with Gasteiger partial charge < -0.3 is 18.8 Å². The standard InChI is InChI=1S/C34H51N7O2/c1-7-43-32(42)29-20-34(12-16-39(17-13-34)25-33(2,3)4)26-41(29)22-28-10-8-27(9-11-28)21-40(23-30-35-14-18-37(30)5)24-31-36-15-19-38(31)6/h8-11,14-15,18-19,29H,7,12-13,16-17,20-26H2,1-6H3. The van der Waals surface area contributed by atoms with Gasteiger partial charge in [0, 0.05) is 65.1 Å². The lowest BCUT2D eigenvalue weighted by Gasteiger charge is -2.41. The molecule has 5 rings (SSSR count). The van der Waals surface area contributed by atoms with Crippen LogP contribution in [0.15, 0.2) is 49.1 Å². The SMILES string of the molecule is CCOC(=O)C1CC2(CCN(CC(C)(C)C)CC2)CN1Cc1ccc(CN(Cc2nccn2C)Cc2nccn2C)cc1. The molecule has 0 radical (unpaired) electrons. The van der Waals surface area contributed by atoms with E-state index in [9.17, 15) is 4.79 Å². The third-order valence-corrected chi connectivity index (χ3v) is 9.17. The highest BCUT2D eigenvalue weighted by Gasteiger charge is 2.48. The molecular formula is C34H51N7O2. The second-order valence-corrected chi connectivity index (χ2v) is 14.1. The molecule has 0 N–H and O–H groups in total. The number of piperidine rings is 1. The van der Waals surface area contributed by atoms with Gasteiger partial charge in [0.15, 0.2) is 0 Å². The van der Waals surface area contributed by atoms with E-state index in [0.717, 1.165) is 83.3 Å². The number of ether oxygens (including phenoxy) is 1. The number of likely N-dealkylation sites (tertiary alicyclic amines) is 2. The van der Waals surface area contributed by atoms with Crippen molar-refractivity contribution in [2.45, 2.75) is 79.2 Å². The van der Waals surface area contributed by atoms with Crippen molar-refractivity contribution >= 4 is 5.97 Å². The average molecular weight is 590 g/mol. The van der Waals surface area contributed by atoms with Crippen LogP contribution in [0.3, 0.4) is 0 Å². The molecule has 0 saturated carbocycles. The maximum Gasteiger partial charge on any atom is 0.323 e. The van der Waals surface area contributed by atoms with E-state index in [0.29, 0.717) is 12.0 Å². The zero-order valence-electron chi connectivity index (χ0n) is 27.1. The van der Waals surface area contributed by atoms with Gasteiger partial charge in [0.2, 0.25) is 0 Å². The van der Waals surface area contributed by atoms with Crippen molar-refractivity contribution in [2.24, 2.45) is 24.9 Å². The van der Waals surface area contributed by atoms with Gasteiger partial charge in [-0.1, -0.05) is 45.0 Å². The van der Waals surface area contributed by atoms with Crippen LogP contribution in [0.2, 0.25) is 0 Å². The molecule has 9 heteroatoms. The summed E-state index contributed by atoms with van der Waals surface area (Å²) in [5.74, 6) is 2.00. The fourth-order valence-corrected chi connectivity index (χ4v) is 6.91. The minimum Gasteiger partial charge on any atom is -0.465 e. The normalized spacial score (nSPS) is 19.5. The molecule has 2 fully saturated rings. The maximum atomic E-state index is 13.1. The van der Waals surface area contributed by atoms with Gasteiger partial charge in [-0.2, -0.15) is 0 Å². The Morgan fingerprint density at radius 1 is 0.953 bits per heavy atom. The van der Waals surface area contributed by atoms with E-state index >= 15 is 0 Å². The Kier molecular flexibility index (Phi) is 9.73. The Bertz CT molecular complexity index is 1290. The second kappa shape index (κ2) is 13.3. The topological polar surface area (TPSA) is 71.7 Å². The Labute approximate surface area is 257 Å². The Balaban J connectivity index is 1.25. The molecule has 1 atom stereocenters. The molecule has 43 heavy (non-hydrogen) atoms. The molecule has 4 heterocycles. The fourth-order valence-electron chi connectivity index (χ4n) is 6.91. The van der Waals surface area contributed by atoms with E-state index in [1.54, 1.807) is 0 Å². The minimum absolute atomic E-state index is 0.0627. The first kappa shape index (κ1) is 31.4. The van der Waals surface area contributed by atoms with Gasteiger partial charge in [0.05, 0.1) is 19.7 Å². The van der Waals surface area contributed by atoms with Gasteiger partial charge in [0.25, 0.3) is 0 Å². The number of aromatic nitrogens is 4. The van der Waals surface area contributed by atoms with Crippen LogP contribution in [0.1, 0.15) is 69.7 Å². The Morgan fingerprint density at radius 2 is 1.53 bits per heavy atom. The number of hydrogen-bond donors (Lipinski definition) is 0. The number of benzene rings is 1. The molecule has 0 bridgehead atoms. The molecule has 2 aliphatic rings. The number of hydrogen-bond acceptors (Lipinski definition) is 7. The molecule has 234 valence electrons. The van der Waals surface area contributed by atoms with Crippen LogP contribution in [0, 0.1) is 10.8 Å². The smallest absolute Gasteiger partial charge is 0.323 e. The summed E-state index contributed by atoms with van der Waals surface area (Å²) in [6, 6.07) is 8.76. The van der Waals surface area contributed by atoms with E-state index in [2.05, 4.69) is 78.8 Å². The number of imidazole rings is 2.